The van der Waals surface area contributed by atoms with E-state index in [1.165, 1.54) is 35.5 Å². The van der Waals surface area contributed by atoms with E-state index in [1.54, 1.807) is 25.3 Å². The van der Waals surface area contributed by atoms with Gasteiger partial charge in [-0.25, -0.2) is 9.78 Å². The van der Waals surface area contributed by atoms with Gasteiger partial charge in [0.25, 0.3) is 0 Å². The first-order valence-corrected chi connectivity index (χ1v) is 8.01. The first-order valence-electron chi connectivity index (χ1n) is 7.19. The first kappa shape index (κ1) is 15.3. The van der Waals surface area contributed by atoms with Crippen LogP contribution in [0.15, 0.2) is 6.20 Å². The molecule has 1 saturated carbocycles. The van der Waals surface area contributed by atoms with Crippen LogP contribution in [0.4, 0.5) is 9.93 Å². The van der Waals surface area contributed by atoms with Crippen LogP contribution in [0.25, 0.3) is 0 Å². The summed E-state index contributed by atoms with van der Waals surface area (Å²) in [6.45, 7) is 1.97. The van der Waals surface area contributed by atoms with Gasteiger partial charge in [0.15, 0.2) is 5.13 Å². The van der Waals surface area contributed by atoms with Crippen molar-refractivity contribution in [3.05, 3.63) is 11.1 Å². The fourth-order valence-corrected chi connectivity index (χ4v) is 3.54. The Kier molecular flexibility index (Phi) is 5.37. The Balaban J connectivity index is 1.83. The number of rotatable bonds is 5. The molecule has 0 aliphatic heterocycles. The van der Waals surface area contributed by atoms with E-state index in [0.29, 0.717) is 11.7 Å². The van der Waals surface area contributed by atoms with Crippen molar-refractivity contribution in [2.75, 3.05) is 18.9 Å². The lowest BCUT2D eigenvalue weighted by Gasteiger charge is -2.18. The normalized spacial score (nSPS) is 17.1. The molecule has 0 saturated heterocycles. The van der Waals surface area contributed by atoms with E-state index >= 15 is 0 Å². The average molecular weight is 297 g/mol. The number of anilines is 1. The van der Waals surface area contributed by atoms with Gasteiger partial charge in [-0.3, -0.25) is 5.32 Å². The molecule has 2 rings (SSSR count). The summed E-state index contributed by atoms with van der Waals surface area (Å²) in [5.41, 5.74) is 0. The van der Waals surface area contributed by atoms with Crippen molar-refractivity contribution in [2.24, 2.45) is 5.92 Å². The standard InChI is InChI=1S/C14H23N3O2S/c1-10(18)9-17(2)14(19)16-13-15-8-12(20-13)7-11-5-3-4-6-11/h8,10-11,18H,3-7,9H2,1-2H3,(H,15,16,19)/t10-/m0/s1. The lowest BCUT2D eigenvalue weighted by Crippen LogP contribution is -2.36. The molecule has 1 aliphatic carbocycles. The molecule has 112 valence electrons. The number of hydrogen-bond donors (Lipinski definition) is 2. The van der Waals surface area contributed by atoms with E-state index in [9.17, 15) is 9.90 Å². The van der Waals surface area contributed by atoms with Crippen molar-refractivity contribution in [2.45, 2.75) is 45.1 Å². The topological polar surface area (TPSA) is 65.5 Å². The molecule has 1 heterocycles. The average Bonchev–Trinajstić information content (AvgIpc) is 3.01. The van der Waals surface area contributed by atoms with E-state index in [1.807, 2.05) is 6.20 Å². The molecule has 1 aliphatic rings. The van der Waals surface area contributed by atoms with Crippen LogP contribution in [-0.4, -0.2) is 40.7 Å². The third-order valence-electron chi connectivity index (χ3n) is 3.62. The Labute approximate surface area is 124 Å². The number of carbonyl (C=O) groups excluding carboxylic acids is 1. The molecule has 0 radical (unpaired) electrons. The molecule has 2 amide bonds. The number of hydrogen-bond acceptors (Lipinski definition) is 4. The summed E-state index contributed by atoms with van der Waals surface area (Å²) in [6.07, 6.45) is 7.74. The van der Waals surface area contributed by atoms with Gasteiger partial charge < -0.3 is 10.0 Å². The van der Waals surface area contributed by atoms with Gasteiger partial charge in [0.1, 0.15) is 0 Å². The van der Waals surface area contributed by atoms with Crippen LogP contribution < -0.4 is 5.32 Å². The molecule has 1 aromatic heterocycles. The van der Waals surface area contributed by atoms with Crippen molar-refractivity contribution < 1.29 is 9.90 Å². The van der Waals surface area contributed by atoms with Crippen molar-refractivity contribution in [1.82, 2.24) is 9.88 Å². The second-order valence-electron chi connectivity index (χ2n) is 5.65. The van der Waals surface area contributed by atoms with Gasteiger partial charge in [-0.05, 0) is 19.3 Å². The summed E-state index contributed by atoms with van der Waals surface area (Å²) in [5.74, 6) is 0.789. The molecule has 0 unspecified atom stereocenters. The molecule has 0 spiro atoms. The maximum atomic E-state index is 11.9. The highest BCUT2D eigenvalue weighted by Crippen LogP contribution is 2.30. The predicted molar refractivity (Wildman–Crippen MR) is 81.1 cm³/mol. The van der Waals surface area contributed by atoms with E-state index in [2.05, 4.69) is 10.3 Å². The van der Waals surface area contributed by atoms with E-state index in [0.717, 1.165) is 12.3 Å². The minimum absolute atomic E-state index is 0.229. The fourth-order valence-electron chi connectivity index (χ4n) is 2.62. The van der Waals surface area contributed by atoms with E-state index < -0.39 is 6.10 Å². The molecular weight excluding hydrogens is 274 g/mol. The second-order valence-corrected chi connectivity index (χ2v) is 6.76. The Morgan fingerprint density at radius 2 is 2.30 bits per heavy atom. The maximum absolute atomic E-state index is 11.9. The highest BCUT2D eigenvalue weighted by atomic mass is 32.1. The first-order chi connectivity index (χ1) is 9.54. The summed E-state index contributed by atoms with van der Waals surface area (Å²) in [6, 6.07) is -0.229. The SMILES string of the molecule is C[C@H](O)CN(C)C(=O)Nc1ncc(CC2CCCC2)s1. The summed E-state index contributed by atoms with van der Waals surface area (Å²) < 4.78 is 0. The monoisotopic (exact) mass is 297 g/mol. The van der Waals surface area contributed by atoms with Crippen molar-refractivity contribution in [3.63, 3.8) is 0 Å². The summed E-state index contributed by atoms with van der Waals surface area (Å²) >= 11 is 1.55. The zero-order valence-electron chi connectivity index (χ0n) is 12.1. The predicted octanol–water partition coefficient (Wildman–Crippen LogP) is 2.72. The van der Waals surface area contributed by atoms with Gasteiger partial charge in [-0.2, -0.15) is 0 Å². The van der Waals surface area contributed by atoms with Crippen LogP contribution in [0, 0.1) is 5.92 Å². The summed E-state index contributed by atoms with van der Waals surface area (Å²) in [7, 11) is 1.66. The number of thiazole rings is 1. The number of amides is 2. The third kappa shape index (κ3) is 4.45. The molecule has 5 nitrogen and oxygen atoms in total. The van der Waals surface area contributed by atoms with Crippen LogP contribution in [-0.2, 0) is 6.42 Å². The van der Waals surface area contributed by atoms with Gasteiger partial charge >= 0.3 is 6.03 Å². The Morgan fingerprint density at radius 3 is 2.95 bits per heavy atom. The largest absolute Gasteiger partial charge is 0.392 e. The molecule has 1 atom stereocenters. The highest BCUT2D eigenvalue weighted by Gasteiger charge is 2.17. The number of nitrogens with zero attached hydrogens (tertiary/aromatic N) is 2. The van der Waals surface area contributed by atoms with E-state index in [-0.39, 0.29) is 6.03 Å². The quantitative estimate of drug-likeness (QED) is 0.878. The number of carbonyl (C=O) groups is 1. The third-order valence-corrected chi connectivity index (χ3v) is 4.55. The second kappa shape index (κ2) is 7.04. The van der Waals surface area contributed by atoms with Gasteiger partial charge in [-0.15, -0.1) is 11.3 Å². The lowest BCUT2D eigenvalue weighted by atomic mass is 10.0. The minimum Gasteiger partial charge on any atom is -0.392 e. The molecule has 20 heavy (non-hydrogen) atoms. The van der Waals surface area contributed by atoms with Crippen LogP contribution in [0.1, 0.15) is 37.5 Å². The molecule has 0 aromatic carbocycles. The molecular formula is C14H23N3O2S. The van der Waals surface area contributed by atoms with Gasteiger partial charge in [0.05, 0.1) is 6.10 Å². The van der Waals surface area contributed by atoms with Gasteiger partial charge in [0.2, 0.25) is 0 Å². The number of aromatic nitrogens is 1. The summed E-state index contributed by atoms with van der Waals surface area (Å²) in [5, 5.41) is 12.7. The number of aliphatic hydroxyl groups is 1. The fraction of sp³-hybridized carbons (Fsp3) is 0.714. The highest BCUT2D eigenvalue weighted by molar-refractivity contribution is 7.15. The van der Waals surface area contributed by atoms with Gasteiger partial charge in [-0.1, -0.05) is 25.7 Å². The Bertz CT molecular complexity index is 441. The number of likely N-dealkylation sites (N-methyl/N-ethyl adjacent to an activating group) is 1. The number of nitrogens with one attached hydrogen (secondary N) is 1. The lowest BCUT2D eigenvalue weighted by molar-refractivity contribution is 0.149. The molecule has 0 bridgehead atoms. The molecule has 1 aromatic rings. The smallest absolute Gasteiger partial charge is 0.323 e. The van der Waals surface area contributed by atoms with Crippen molar-refractivity contribution in [1.29, 1.82) is 0 Å². The molecule has 1 fully saturated rings. The molecule has 6 heteroatoms. The Hall–Kier alpha value is -1.14. The minimum atomic E-state index is -0.528. The zero-order chi connectivity index (χ0) is 14.5. The molecule has 2 N–H and O–H groups in total. The number of aliphatic hydroxyl groups excluding tert-OH is 1. The van der Waals surface area contributed by atoms with E-state index in [4.69, 9.17) is 0 Å². The summed E-state index contributed by atoms with van der Waals surface area (Å²) in [4.78, 5) is 18.8. The van der Waals surface area contributed by atoms with Crippen LogP contribution in [0.5, 0.6) is 0 Å². The van der Waals surface area contributed by atoms with Crippen LogP contribution in [0.3, 0.4) is 0 Å². The van der Waals surface area contributed by atoms with Crippen molar-refractivity contribution in [3.8, 4) is 0 Å². The maximum Gasteiger partial charge on any atom is 0.323 e. The van der Waals surface area contributed by atoms with Crippen LogP contribution in [0.2, 0.25) is 0 Å². The Morgan fingerprint density at radius 1 is 1.60 bits per heavy atom. The number of urea groups is 1. The zero-order valence-corrected chi connectivity index (χ0v) is 12.9. The van der Waals surface area contributed by atoms with Gasteiger partial charge in [0, 0.05) is 24.7 Å². The van der Waals surface area contributed by atoms with Crippen molar-refractivity contribution >= 4 is 22.5 Å². The van der Waals surface area contributed by atoms with Crippen LogP contribution >= 0.6 is 11.3 Å².